The average Bonchev–Trinajstić information content (AvgIpc) is 2.64. The molecule has 0 saturated carbocycles. The number of aryl methyl sites for hydroxylation is 2. The van der Waals surface area contributed by atoms with Crippen molar-refractivity contribution in [2.45, 2.75) is 45.4 Å². The molecule has 26 heavy (non-hydrogen) atoms. The van der Waals surface area contributed by atoms with Crippen LogP contribution < -0.4 is 0 Å². The van der Waals surface area contributed by atoms with Crippen molar-refractivity contribution in [1.29, 1.82) is 0 Å². The lowest BCUT2D eigenvalue weighted by Crippen LogP contribution is -2.31. The van der Waals surface area contributed by atoms with Crippen molar-refractivity contribution in [3.8, 4) is 0 Å². The zero-order valence-electron chi connectivity index (χ0n) is 15.7. The van der Waals surface area contributed by atoms with Crippen LogP contribution in [0.5, 0.6) is 0 Å². The van der Waals surface area contributed by atoms with Gasteiger partial charge in [0.15, 0.2) is 0 Å². The summed E-state index contributed by atoms with van der Waals surface area (Å²) in [7, 11) is 0. The van der Waals surface area contributed by atoms with E-state index in [1.165, 1.54) is 56.4 Å². The molecule has 146 valence electrons. The summed E-state index contributed by atoms with van der Waals surface area (Å²) < 4.78 is 5.74. The Morgan fingerprint density at radius 1 is 0.962 bits per heavy atom. The first-order valence-corrected chi connectivity index (χ1v) is 9.31. The zero-order chi connectivity index (χ0) is 19.2. The molecular weight excluding hydrogens is 334 g/mol. The van der Waals surface area contributed by atoms with Gasteiger partial charge in [-0.1, -0.05) is 36.2 Å². The SMILES string of the molecule is Cc1ccc(CCCOCCCN2CCCCC2)cc1.O=C(O)C(=O)O. The van der Waals surface area contributed by atoms with E-state index in [0.29, 0.717) is 0 Å². The molecular formula is C20H31NO5. The van der Waals surface area contributed by atoms with Crippen LogP contribution in [-0.2, 0) is 20.7 Å². The van der Waals surface area contributed by atoms with Crippen molar-refractivity contribution in [3.63, 3.8) is 0 Å². The van der Waals surface area contributed by atoms with Gasteiger partial charge < -0.3 is 19.8 Å². The topological polar surface area (TPSA) is 87.1 Å². The highest BCUT2D eigenvalue weighted by atomic mass is 16.5. The number of benzene rings is 1. The van der Waals surface area contributed by atoms with Crippen LogP contribution in [0.4, 0.5) is 0 Å². The van der Waals surface area contributed by atoms with Crippen molar-refractivity contribution in [3.05, 3.63) is 35.4 Å². The van der Waals surface area contributed by atoms with Crippen LogP contribution in [0.15, 0.2) is 24.3 Å². The van der Waals surface area contributed by atoms with E-state index in [1.807, 2.05) is 0 Å². The zero-order valence-corrected chi connectivity index (χ0v) is 15.7. The molecule has 1 aromatic rings. The molecule has 6 nitrogen and oxygen atoms in total. The number of hydrogen-bond acceptors (Lipinski definition) is 4. The lowest BCUT2D eigenvalue weighted by Gasteiger charge is -2.26. The van der Waals surface area contributed by atoms with E-state index < -0.39 is 11.9 Å². The Balaban J connectivity index is 0.000000487. The summed E-state index contributed by atoms with van der Waals surface area (Å²) in [5.41, 5.74) is 2.76. The van der Waals surface area contributed by atoms with Crippen molar-refractivity contribution in [1.82, 2.24) is 4.90 Å². The number of carboxylic acids is 2. The Morgan fingerprint density at radius 2 is 1.54 bits per heavy atom. The van der Waals surface area contributed by atoms with Crippen LogP contribution in [0.1, 0.15) is 43.2 Å². The van der Waals surface area contributed by atoms with Gasteiger partial charge >= 0.3 is 11.9 Å². The van der Waals surface area contributed by atoms with Crippen LogP contribution in [0, 0.1) is 6.92 Å². The molecule has 1 aliphatic heterocycles. The third kappa shape index (κ3) is 10.8. The molecule has 0 aliphatic carbocycles. The van der Waals surface area contributed by atoms with Gasteiger partial charge in [0, 0.05) is 19.8 Å². The van der Waals surface area contributed by atoms with Gasteiger partial charge in [0.25, 0.3) is 0 Å². The predicted molar refractivity (Wildman–Crippen MR) is 100 cm³/mol. The lowest BCUT2D eigenvalue weighted by molar-refractivity contribution is -0.159. The Labute approximate surface area is 155 Å². The lowest BCUT2D eigenvalue weighted by atomic mass is 10.1. The molecule has 0 aromatic heterocycles. The highest BCUT2D eigenvalue weighted by Gasteiger charge is 2.08. The molecule has 1 heterocycles. The van der Waals surface area contributed by atoms with Gasteiger partial charge in [-0.15, -0.1) is 0 Å². The third-order valence-corrected chi connectivity index (χ3v) is 4.27. The number of aliphatic carboxylic acids is 2. The van der Waals surface area contributed by atoms with E-state index in [9.17, 15) is 0 Å². The molecule has 0 radical (unpaired) electrons. The number of piperidine rings is 1. The van der Waals surface area contributed by atoms with Crippen molar-refractivity contribution < 1.29 is 24.5 Å². The molecule has 0 amide bonds. The van der Waals surface area contributed by atoms with Crippen LogP contribution >= 0.6 is 0 Å². The molecule has 0 spiro atoms. The van der Waals surface area contributed by atoms with E-state index in [-0.39, 0.29) is 0 Å². The number of nitrogens with zero attached hydrogens (tertiary/aromatic N) is 1. The summed E-state index contributed by atoms with van der Waals surface area (Å²) in [6.45, 7) is 7.77. The predicted octanol–water partition coefficient (Wildman–Crippen LogP) is 2.98. The maximum absolute atomic E-state index is 9.10. The van der Waals surface area contributed by atoms with Gasteiger partial charge in [-0.2, -0.15) is 0 Å². The smallest absolute Gasteiger partial charge is 0.414 e. The van der Waals surface area contributed by atoms with Gasteiger partial charge in [0.1, 0.15) is 0 Å². The largest absolute Gasteiger partial charge is 0.473 e. The Hall–Kier alpha value is -1.92. The number of carboxylic acid groups (broad SMARTS) is 2. The minimum Gasteiger partial charge on any atom is -0.473 e. The Kier molecular flexibility index (Phi) is 11.3. The Morgan fingerprint density at radius 3 is 2.12 bits per heavy atom. The summed E-state index contributed by atoms with van der Waals surface area (Å²) >= 11 is 0. The molecule has 0 unspecified atom stereocenters. The molecule has 1 fully saturated rings. The molecule has 0 atom stereocenters. The molecule has 1 saturated heterocycles. The first-order valence-electron chi connectivity index (χ1n) is 9.31. The van der Waals surface area contributed by atoms with E-state index in [0.717, 1.165) is 26.1 Å². The normalized spacial score (nSPS) is 14.3. The molecule has 0 bridgehead atoms. The first kappa shape index (κ1) is 22.1. The maximum atomic E-state index is 9.10. The molecule has 6 heteroatoms. The van der Waals surface area contributed by atoms with Gasteiger partial charge in [0.2, 0.25) is 0 Å². The van der Waals surface area contributed by atoms with Crippen LogP contribution in [0.25, 0.3) is 0 Å². The van der Waals surface area contributed by atoms with Crippen molar-refractivity contribution >= 4 is 11.9 Å². The quantitative estimate of drug-likeness (QED) is 0.544. The van der Waals surface area contributed by atoms with Crippen LogP contribution in [-0.4, -0.2) is 59.9 Å². The fraction of sp³-hybridized carbons (Fsp3) is 0.600. The summed E-state index contributed by atoms with van der Waals surface area (Å²) in [6.07, 6.45) is 7.64. The van der Waals surface area contributed by atoms with E-state index in [1.54, 1.807) is 0 Å². The van der Waals surface area contributed by atoms with Gasteiger partial charge in [-0.05, 0) is 57.7 Å². The van der Waals surface area contributed by atoms with Crippen LogP contribution in [0.2, 0.25) is 0 Å². The first-order chi connectivity index (χ1) is 12.5. The second-order valence-corrected chi connectivity index (χ2v) is 6.57. The number of rotatable bonds is 8. The number of carbonyl (C=O) groups is 2. The van der Waals surface area contributed by atoms with Gasteiger partial charge in [-0.3, -0.25) is 0 Å². The standard InChI is InChI=1S/C18H29NO.C2H2O4/c1-17-8-10-18(11-9-17)7-5-15-20-16-6-14-19-12-3-2-4-13-19;3-1(4)2(5)6/h8-11H,2-7,12-16H2,1H3;(H,3,4)(H,5,6). The molecule has 2 N–H and O–H groups in total. The highest BCUT2D eigenvalue weighted by Crippen LogP contribution is 2.09. The number of likely N-dealkylation sites (tertiary alicyclic amines) is 1. The monoisotopic (exact) mass is 365 g/mol. The third-order valence-electron chi connectivity index (χ3n) is 4.27. The van der Waals surface area contributed by atoms with Gasteiger partial charge in [0.05, 0.1) is 0 Å². The highest BCUT2D eigenvalue weighted by molar-refractivity contribution is 6.27. The minimum atomic E-state index is -1.82. The van der Waals surface area contributed by atoms with Crippen molar-refractivity contribution in [2.24, 2.45) is 0 Å². The number of ether oxygens (including phenoxy) is 1. The fourth-order valence-electron chi connectivity index (χ4n) is 2.81. The van der Waals surface area contributed by atoms with Gasteiger partial charge in [-0.25, -0.2) is 9.59 Å². The van der Waals surface area contributed by atoms with E-state index >= 15 is 0 Å². The number of hydrogen-bond donors (Lipinski definition) is 2. The Bertz CT molecular complexity index is 512. The summed E-state index contributed by atoms with van der Waals surface area (Å²) in [6, 6.07) is 8.83. The minimum absolute atomic E-state index is 0.897. The van der Waals surface area contributed by atoms with E-state index in [4.69, 9.17) is 24.5 Å². The van der Waals surface area contributed by atoms with E-state index in [2.05, 4.69) is 36.1 Å². The summed E-state index contributed by atoms with van der Waals surface area (Å²) in [5, 5.41) is 14.8. The van der Waals surface area contributed by atoms with Crippen molar-refractivity contribution in [2.75, 3.05) is 32.8 Å². The fourth-order valence-corrected chi connectivity index (χ4v) is 2.81. The van der Waals surface area contributed by atoms with Crippen LogP contribution in [0.3, 0.4) is 0 Å². The summed E-state index contributed by atoms with van der Waals surface area (Å²) in [4.78, 5) is 20.8. The average molecular weight is 365 g/mol. The second kappa shape index (κ2) is 13.3. The molecule has 2 rings (SSSR count). The molecule has 1 aromatic carbocycles. The molecule has 1 aliphatic rings. The summed E-state index contributed by atoms with van der Waals surface area (Å²) in [5.74, 6) is -3.65. The second-order valence-electron chi connectivity index (χ2n) is 6.57. The maximum Gasteiger partial charge on any atom is 0.414 e.